The minimum atomic E-state index is -0.976. The monoisotopic (exact) mass is 164 g/mol. The summed E-state index contributed by atoms with van der Waals surface area (Å²) in [6.07, 6.45) is 1.51. The zero-order chi connectivity index (χ0) is 8.60. The molecule has 0 spiro atoms. The number of aryl methyl sites for hydroxylation is 1. The van der Waals surface area contributed by atoms with E-state index in [0.717, 1.165) is 17.5 Å². The molecule has 0 bridgehead atoms. The van der Waals surface area contributed by atoms with Crippen LogP contribution < -0.4 is 0 Å². The maximum Gasteiger partial charge on any atom is 0.113 e. The van der Waals surface area contributed by atoms with Crippen LogP contribution in [0.4, 0.5) is 0 Å². The lowest BCUT2D eigenvalue weighted by Gasteiger charge is -2.20. The van der Waals surface area contributed by atoms with Gasteiger partial charge >= 0.3 is 0 Å². The van der Waals surface area contributed by atoms with Gasteiger partial charge < -0.3 is 10.2 Å². The minimum Gasteiger partial charge on any atom is -0.393 e. The van der Waals surface area contributed by atoms with Gasteiger partial charge in [0.15, 0.2) is 0 Å². The Bertz CT molecular complexity index is 296. The Morgan fingerprint density at radius 1 is 1.33 bits per heavy atom. The molecule has 0 aliphatic heterocycles. The highest BCUT2D eigenvalue weighted by Crippen LogP contribution is 2.35. The van der Waals surface area contributed by atoms with Crippen LogP contribution in [0.3, 0.4) is 0 Å². The first-order valence-corrected chi connectivity index (χ1v) is 4.18. The van der Waals surface area contributed by atoms with E-state index >= 15 is 0 Å². The zero-order valence-corrected chi connectivity index (χ0v) is 6.83. The summed E-state index contributed by atoms with van der Waals surface area (Å²) < 4.78 is 0. The van der Waals surface area contributed by atoms with Crippen molar-refractivity contribution >= 4 is 0 Å². The highest BCUT2D eigenvalue weighted by molar-refractivity contribution is 5.36. The second-order valence-corrected chi connectivity index (χ2v) is 3.35. The zero-order valence-electron chi connectivity index (χ0n) is 6.83. The molecule has 0 aromatic heterocycles. The Morgan fingerprint density at radius 3 is 2.83 bits per heavy atom. The van der Waals surface area contributed by atoms with Crippen LogP contribution >= 0.6 is 0 Å². The first-order chi connectivity index (χ1) is 5.76. The summed E-state index contributed by atoms with van der Waals surface area (Å²) in [4.78, 5) is 0. The number of aliphatic hydroxyl groups is 2. The van der Waals surface area contributed by atoms with E-state index in [1.807, 2.05) is 24.3 Å². The molecule has 0 fully saturated rings. The van der Waals surface area contributed by atoms with E-state index in [1.54, 1.807) is 0 Å². The molecule has 1 aromatic rings. The number of aliphatic hydroxyl groups excluding tert-OH is 1. The van der Waals surface area contributed by atoms with E-state index < -0.39 is 5.60 Å². The normalized spacial score (nSPS) is 27.2. The average molecular weight is 164 g/mol. The molecule has 12 heavy (non-hydrogen) atoms. The van der Waals surface area contributed by atoms with Crippen molar-refractivity contribution < 1.29 is 10.2 Å². The van der Waals surface area contributed by atoms with E-state index in [0.29, 0.717) is 6.42 Å². The van der Waals surface area contributed by atoms with E-state index in [2.05, 4.69) is 0 Å². The van der Waals surface area contributed by atoms with Crippen molar-refractivity contribution in [2.75, 3.05) is 6.61 Å². The van der Waals surface area contributed by atoms with Gasteiger partial charge in [-0.1, -0.05) is 24.3 Å². The fraction of sp³-hybridized carbons (Fsp3) is 0.400. The highest BCUT2D eigenvalue weighted by atomic mass is 16.3. The van der Waals surface area contributed by atoms with Gasteiger partial charge in [0.2, 0.25) is 0 Å². The predicted molar refractivity (Wildman–Crippen MR) is 45.7 cm³/mol. The minimum absolute atomic E-state index is 0.177. The molecule has 2 nitrogen and oxygen atoms in total. The molecule has 0 saturated heterocycles. The Hall–Kier alpha value is -0.860. The third-order valence-corrected chi connectivity index (χ3v) is 2.59. The Kier molecular flexibility index (Phi) is 1.67. The summed E-state index contributed by atoms with van der Waals surface area (Å²) in [5.74, 6) is 0. The van der Waals surface area contributed by atoms with Crippen molar-refractivity contribution in [3.63, 3.8) is 0 Å². The van der Waals surface area contributed by atoms with Crippen LogP contribution in [0.15, 0.2) is 24.3 Å². The quantitative estimate of drug-likeness (QED) is 0.645. The molecule has 1 atom stereocenters. The second kappa shape index (κ2) is 2.57. The topological polar surface area (TPSA) is 40.5 Å². The lowest BCUT2D eigenvalue weighted by Crippen LogP contribution is -2.26. The maximum absolute atomic E-state index is 9.90. The van der Waals surface area contributed by atoms with Gasteiger partial charge in [0.1, 0.15) is 5.60 Å². The van der Waals surface area contributed by atoms with E-state index in [4.69, 9.17) is 5.11 Å². The smallest absolute Gasteiger partial charge is 0.113 e. The predicted octanol–water partition coefficient (Wildman–Crippen LogP) is 0.813. The van der Waals surface area contributed by atoms with Gasteiger partial charge in [-0.05, 0) is 24.0 Å². The summed E-state index contributed by atoms with van der Waals surface area (Å²) in [6.45, 7) is -0.177. The summed E-state index contributed by atoms with van der Waals surface area (Å²) >= 11 is 0. The van der Waals surface area contributed by atoms with Crippen molar-refractivity contribution in [3.8, 4) is 0 Å². The van der Waals surface area contributed by atoms with Gasteiger partial charge in [0.05, 0.1) is 6.61 Å². The Labute approximate surface area is 71.5 Å². The average Bonchev–Trinajstić information content (AvgIpc) is 2.46. The van der Waals surface area contributed by atoms with Gasteiger partial charge in [-0.25, -0.2) is 0 Å². The van der Waals surface area contributed by atoms with Crippen molar-refractivity contribution in [2.45, 2.75) is 18.4 Å². The lowest BCUT2D eigenvalue weighted by atomic mass is 9.97. The van der Waals surface area contributed by atoms with Crippen LogP contribution in [-0.4, -0.2) is 16.8 Å². The van der Waals surface area contributed by atoms with Crippen molar-refractivity contribution in [1.29, 1.82) is 0 Å². The van der Waals surface area contributed by atoms with Crippen molar-refractivity contribution in [1.82, 2.24) is 0 Å². The van der Waals surface area contributed by atoms with E-state index in [9.17, 15) is 5.11 Å². The summed E-state index contributed by atoms with van der Waals surface area (Å²) in [5.41, 5.74) is 1.08. The van der Waals surface area contributed by atoms with Crippen LogP contribution in [0, 0.1) is 0 Å². The molecule has 1 aromatic carbocycles. The van der Waals surface area contributed by atoms with Gasteiger partial charge in [-0.2, -0.15) is 0 Å². The molecule has 0 unspecified atom stereocenters. The molecule has 1 aliphatic carbocycles. The largest absolute Gasteiger partial charge is 0.393 e. The fourth-order valence-electron chi connectivity index (χ4n) is 1.83. The molecule has 2 heteroatoms. The van der Waals surface area contributed by atoms with Crippen LogP contribution in [0.2, 0.25) is 0 Å². The number of hydrogen-bond donors (Lipinski definition) is 2. The van der Waals surface area contributed by atoms with Crippen molar-refractivity contribution in [3.05, 3.63) is 35.4 Å². The molecule has 0 heterocycles. The summed E-state index contributed by atoms with van der Waals surface area (Å²) in [5, 5.41) is 18.9. The third-order valence-electron chi connectivity index (χ3n) is 2.59. The number of benzene rings is 1. The summed E-state index contributed by atoms with van der Waals surface area (Å²) in [7, 11) is 0. The Balaban J connectivity index is 2.49. The molecule has 2 N–H and O–H groups in total. The van der Waals surface area contributed by atoms with E-state index in [-0.39, 0.29) is 6.61 Å². The number of fused-ring (bicyclic) bond motifs is 1. The SMILES string of the molecule is OC[C@]1(O)CCc2ccccc21. The third kappa shape index (κ3) is 0.958. The molecule has 0 amide bonds. The Morgan fingerprint density at radius 2 is 2.08 bits per heavy atom. The van der Waals surface area contributed by atoms with Crippen LogP contribution in [0.5, 0.6) is 0 Å². The number of rotatable bonds is 1. The molecule has 2 rings (SSSR count). The summed E-state index contributed by atoms with van der Waals surface area (Å²) in [6, 6.07) is 7.74. The molecular formula is C10H12O2. The van der Waals surface area contributed by atoms with Gasteiger partial charge in [0.25, 0.3) is 0 Å². The van der Waals surface area contributed by atoms with Gasteiger partial charge in [-0.3, -0.25) is 0 Å². The van der Waals surface area contributed by atoms with E-state index in [1.165, 1.54) is 0 Å². The molecule has 1 aliphatic rings. The first kappa shape index (κ1) is 7.77. The maximum atomic E-state index is 9.90. The molecule has 0 saturated carbocycles. The standard InChI is InChI=1S/C10H12O2/c11-7-10(12)6-5-8-3-1-2-4-9(8)10/h1-4,11-12H,5-7H2/t10-/m1/s1. The van der Waals surface area contributed by atoms with Crippen molar-refractivity contribution in [2.24, 2.45) is 0 Å². The highest BCUT2D eigenvalue weighted by Gasteiger charge is 2.35. The van der Waals surface area contributed by atoms with Crippen LogP contribution in [0.25, 0.3) is 0 Å². The van der Waals surface area contributed by atoms with Crippen LogP contribution in [0.1, 0.15) is 17.5 Å². The fourth-order valence-corrected chi connectivity index (χ4v) is 1.83. The molecular weight excluding hydrogens is 152 g/mol. The van der Waals surface area contributed by atoms with Crippen LogP contribution in [-0.2, 0) is 12.0 Å². The molecule has 64 valence electrons. The number of hydrogen-bond acceptors (Lipinski definition) is 2. The van der Waals surface area contributed by atoms with Gasteiger partial charge in [0, 0.05) is 0 Å². The molecule has 0 radical (unpaired) electrons. The van der Waals surface area contributed by atoms with Gasteiger partial charge in [-0.15, -0.1) is 0 Å². The first-order valence-electron chi connectivity index (χ1n) is 4.18. The lowest BCUT2D eigenvalue weighted by molar-refractivity contribution is -0.0171. The second-order valence-electron chi connectivity index (χ2n) is 3.35.